The molecule has 108 valence electrons. The van der Waals surface area contributed by atoms with Crippen molar-refractivity contribution in [3.8, 4) is 0 Å². The van der Waals surface area contributed by atoms with E-state index in [9.17, 15) is 8.42 Å². The van der Waals surface area contributed by atoms with E-state index in [1.807, 2.05) is 36.6 Å². The van der Waals surface area contributed by atoms with Crippen molar-refractivity contribution in [2.75, 3.05) is 13.6 Å². The highest BCUT2D eigenvalue weighted by molar-refractivity contribution is 9.10. The summed E-state index contributed by atoms with van der Waals surface area (Å²) in [5, 5.41) is 2.00. The predicted molar refractivity (Wildman–Crippen MR) is 86.7 cm³/mol. The van der Waals surface area contributed by atoms with Crippen LogP contribution >= 0.6 is 27.3 Å². The Morgan fingerprint density at radius 3 is 2.70 bits per heavy atom. The SMILES string of the molecule is Cc1ccc(Br)cc1S(=O)(=O)N(C)CCc1cccs1. The van der Waals surface area contributed by atoms with Crippen LogP contribution in [0.15, 0.2) is 45.1 Å². The van der Waals surface area contributed by atoms with Gasteiger partial charge in [0, 0.05) is 22.9 Å². The molecule has 0 aliphatic carbocycles. The minimum absolute atomic E-state index is 0.362. The lowest BCUT2D eigenvalue weighted by molar-refractivity contribution is 0.473. The molecule has 0 atom stereocenters. The summed E-state index contributed by atoms with van der Waals surface area (Å²) in [7, 11) is -1.81. The fourth-order valence-corrected chi connectivity index (χ4v) is 4.49. The Kier molecular flexibility index (Phi) is 5.01. The van der Waals surface area contributed by atoms with Crippen molar-refractivity contribution < 1.29 is 8.42 Å². The van der Waals surface area contributed by atoms with Gasteiger partial charge in [0.25, 0.3) is 0 Å². The molecule has 1 aromatic heterocycles. The summed E-state index contributed by atoms with van der Waals surface area (Å²) in [5.74, 6) is 0. The lowest BCUT2D eigenvalue weighted by Crippen LogP contribution is -2.29. The summed E-state index contributed by atoms with van der Waals surface area (Å²) < 4.78 is 27.3. The molecule has 0 aliphatic heterocycles. The molecule has 0 saturated carbocycles. The minimum atomic E-state index is -3.44. The average Bonchev–Trinajstić information content (AvgIpc) is 2.91. The quantitative estimate of drug-likeness (QED) is 0.801. The third-order valence-corrected chi connectivity index (χ3v) is 6.52. The van der Waals surface area contributed by atoms with Crippen LogP contribution in [-0.4, -0.2) is 26.3 Å². The standard InChI is InChI=1S/C14H16BrNO2S2/c1-11-5-6-12(15)10-14(11)20(17,18)16(2)8-7-13-4-3-9-19-13/h3-6,9-10H,7-8H2,1-2H3. The second kappa shape index (κ2) is 6.39. The maximum absolute atomic E-state index is 12.6. The zero-order valence-corrected chi connectivity index (χ0v) is 14.6. The maximum atomic E-state index is 12.6. The zero-order valence-electron chi connectivity index (χ0n) is 11.3. The number of hydrogen-bond acceptors (Lipinski definition) is 3. The normalized spacial score (nSPS) is 12.0. The summed E-state index contributed by atoms with van der Waals surface area (Å²) in [6.45, 7) is 2.29. The second-order valence-corrected chi connectivity index (χ2v) is 8.53. The van der Waals surface area contributed by atoms with E-state index < -0.39 is 10.0 Å². The molecule has 0 saturated heterocycles. The molecule has 0 aliphatic rings. The van der Waals surface area contributed by atoms with Gasteiger partial charge in [-0.25, -0.2) is 12.7 Å². The van der Waals surface area contributed by atoms with E-state index in [0.29, 0.717) is 11.4 Å². The number of sulfonamides is 1. The lowest BCUT2D eigenvalue weighted by Gasteiger charge is -2.18. The van der Waals surface area contributed by atoms with E-state index in [-0.39, 0.29) is 0 Å². The zero-order chi connectivity index (χ0) is 14.8. The van der Waals surface area contributed by atoms with Gasteiger partial charge >= 0.3 is 0 Å². The van der Waals surface area contributed by atoms with Crippen molar-refractivity contribution in [3.05, 3.63) is 50.6 Å². The van der Waals surface area contributed by atoms with Gasteiger partial charge in [0.05, 0.1) is 4.90 Å². The average molecular weight is 374 g/mol. The number of benzene rings is 1. The van der Waals surface area contributed by atoms with Gasteiger partial charge in [-0.15, -0.1) is 11.3 Å². The summed E-state index contributed by atoms with van der Waals surface area (Å²) in [4.78, 5) is 1.55. The maximum Gasteiger partial charge on any atom is 0.243 e. The van der Waals surface area contributed by atoms with Crippen LogP contribution in [0.2, 0.25) is 0 Å². The van der Waals surface area contributed by atoms with Crippen LogP contribution in [0.25, 0.3) is 0 Å². The molecule has 3 nitrogen and oxygen atoms in total. The van der Waals surface area contributed by atoms with Crippen molar-refractivity contribution >= 4 is 37.3 Å². The molecule has 0 N–H and O–H groups in total. The molecule has 1 heterocycles. The first-order chi connectivity index (χ1) is 9.41. The topological polar surface area (TPSA) is 37.4 Å². The number of thiophene rings is 1. The van der Waals surface area contributed by atoms with E-state index in [1.54, 1.807) is 24.5 Å². The first kappa shape index (κ1) is 15.7. The highest BCUT2D eigenvalue weighted by Gasteiger charge is 2.22. The van der Waals surface area contributed by atoms with E-state index >= 15 is 0 Å². The fourth-order valence-electron chi connectivity index (χ4n) is 1.86. The monoisotopic (exact) mass is 373 g/mol. The number of rotatable bonds is 5. The molecule has 2 rings (SSSR count). The first-order valence-corrected chi connectivity index (χ1v) is 9.27. The molecule has 20 heavy (non-hydrogen) atoms. The highest BCUT2D eigenvalue weighted by atomic mass is 79.9. The van der Waals surface area contributed by atoms with Crippen molar-refractivity contribution in [2.24, 2.45) is 0 Å². The summed E-state index contributed by atoms with van der Waals surface area (Å²) in [5.41, 5.74) is 0.760. The van der Waals surface area contributed by atoms with Gasteiger partial charge in [-0.1, -0.05) is 28.1 Å². The van der Waals surface area contributed by atoms with Crippen molar-refractivity contribution in [1.82, 2.24) is 4.31 Å². The van der Waals surface area contributed by atoms with Crippen molar-refractivity contribution in [3.63, 3.8) is 0 Å². The van der Waals surface area contributed by atoms with Crippen molar-refractivity contribution in [2.45, 2.75) is 18.2 Å². The van der Waals surface area contributed by atoms with Crippen molar-refractivity contribution in [1.29, 1.82) is 0 Å². The summed E-state index contributed by atoms with van der Waals surface area (Å²) in [6, 6.07) is 9.32. The summed E-state index contributed by atoms with van der Waals surface area (Å²) >= 11 is 4.98. The third kappa shape index (κ3) is 3.49. The Balaban J connectivity index is 2.18. The number of aryl methyl sites for hydroxylation is 1. The number of hydrogen-bond donors (Lipinski definition) is 0. The smallest absolute Gasteiger partial charge is 0.207 e. The Morgan fingerprint density at radius 1 is 1.30 bits per heavy atom. The van der Waals surface area contributed by atoms with Gasteiger partial charge in [0.15, 0.2) is 0 Å². The number of halogens is 1. The number of likely N-dealkylation sites (N-methyl/N-ethyl adjacent to an activating group) is 1. The van der Waals surface area contributed by atoms with Gasteiger partial charge in [0.2, 0.25) is 10.0 Å². The summed E-state index contributed by atoms with van der Waals surface area (Å²) in [6.07, 6.45) is 0.737. The largest absolute Gasteiger partial charge is 0.243 e. The van der Waals surface area contributed by atoms with Gasteiger partial charge < -0.3 is 0 Å². The van der Waals surface area contributed by atoms with Gasteiger partial charge in [-0.2, -0.15) is 0 Å². The molecule has 0 spiro atoms. The fraction of sp³-hybridized carbons (Fsp3) is 0.286. The molecule has 0 amide bonds. The Bertz CT molecular complexity index is 681. The Labute approximate surface area is 132 Å². The molecule has 0 bridgehead atoms. The van der Waals surface area contributed by atoms with E-state index in [2.05, 4.69) is 15.9 Å². The predicted octanol–water partition coefficient (Wildman–Crippen LogP) is 3.68. The molecular weight excluding hydrogens is 358 g/mol. The minimum Gasteiger partial charge on any atom is -0.207 e. The molecule has 2 aromatic rings. The van der Waals surface area contributed by atoms with Crippen LogP contribution in [0.1, 0.15) is 10.4 Å². The van der Waals surface area contributed by atoms with E-state index in [0.717, 1.165) is 16.5 Å². The van der Waals surface area contributed by atoms with Crippen LogP contribution in [0, 0.1) is 6.92 Å². The van der Waals surface area contributed by atoms with Crippen LogP contribution < -0.4 is 0 Å². The van der Waals surface area contributed by atoms with Crippen LogP contribution in [0.4, 0.5) is 0 Å². The molecule has 6 heteroatoms. The van der Waals surface area contributed by atoms with E-state index in [1.165, 1.54) is 9.18 Å². The first-order valence-electron chi connectivity index (χ1n) is 6.16. The van der Waals surface area contributed by atoms with Gasteiger partial charge in [-0.3, -0.25) is 0 Å². The molecule has 0 unspecified atom stereocenters. The van der Waals surface area contributed by atoms with Gasteiger partial charge in [0.1, 0.15) is 0 Å². The molecule has 0 fully saturated rings. The number of nitrogens with zero attached hydrogens (tertiary/aromatic N) is 1. The van der Waals surface area contributed by atoms with Crippen LogP contribution in [0.3, 0.4) is 0 Å². The Hall–Kier alpha value is -0.690. The molecule has 0 radical (unpaired) electrons. The lowest BCUT2D eigenvalue weighted by atomic mass is 10.2. The Morgan fingerprint density at radius 2 is 2.05 bits per heavy atom. The third-order valence-electron chi connectivity index (χ3n) is 3.09. The molecule has 1 aromatic carbocycles. The van der Waals surface area contributed by atoms with E-state index in [4.69, 9.17) is 0 Å². The highest BCUT2D eigenvalue weighted by Crippen LogP contribution is 2.23. The van der Waals surface area contributed by atoms with Crippen LogP contribution in [0.5, 0.6) is 0 Å². The van der Waals surface area contributed by atoms with Gasteiger partial charge in [-0.05, 0) is 42.5 Å². The second-order valence-electron chi connectivity index (χ2n) is 4.57. The molecular formula is C14H16BrNO2S2. The van der Waals surface area contributed by atoms with Crippen LogP contribution in [-0.2, 0) is 16.4 Å².